The third-order valence-corrected chi connectivity index (χ3v) is 3.23. The summed E-state index contributed by atoms with van der Waals surface area (Å²) in [4.78, 5) is 4.38. The van der Waals surface area contributed by atoms with Crippen LogP contribution in [0.25, 0.3) is 0 Å². The average Bonchev–Trinajstić information content (AvgIpc) is 2.31. The summed E-state index contributed by atoms with van der Waals surface area (Å²) in [5.41, 5.74) is 4.74. The Kier molecular flexibility index (Phi) is 3.80. The summed E-state index contributed by atoms with van der Waals surface area (Å²) in [5, 5.41) is 0.617. The summed E-state index contributed by atoms with van der Waals surface area (Å²) in [7, 11) is 0. The van der Waals surface area contributed by atoms with Crippen LogP contribution >= 0.6 is 11.6 Å². The maximum atomic E-state index is 6.01. The molecule has 0 aliphatic rings. The summed E-state index contributed by atoms with van der Waals surface area (Å²) in [6, 6.07) is 12.7. The van der Waals surface area contributed by atoms with Gasteiger partial charge in [-0.15, -0.1) is 0 Å². The molecule has 1 nitrogen and oxygen atoms in total. The van der Waals surface area contributed by atoms with Crippen molar-refractivity contribution in [2.45, 2.75) is 26.7 Å². The minimum Gasteiger partial charge on any atom is -0.241 e. The largest absolute Gasteiger partial charge is 0.241 e. The van der Waals surface area contributed by atoms with Crippen LogP contribution in [-0.4, -0.2) is 4.98 Å². The number of rotatable bonds is 3. The number of aromatic nitrogens is 1. The summed E-state index contributed by atoms with van der Waals surface area (Å²) in [6.07, 6.45) is 1.94. The molecule has 2 aromatic rings. The van der Waals surface area contributed by atoms with Crippen LogP contribution in [0.5, 0.6) is 0 Å². The zero-order valence-electron chi connectivity index (χ0n) is 10.2. The van der Waals surface area contributed by atoms with Crippen molar-refractivity contribution in [2.75, 3.05) is 0 Å². The number of halogens is 1. The van der Waals surface area contributed by atoms with Gasteiger partial charge in [0, 0.05) is 5.69 Å². The van der Waals surface area contributed by atoms with Crippen molar-refractivity contribution >= 4 is 11.6 Å². The zero-order chi connectivity index (χ0) is 12.3. The molecule has 0 saturated heterocycles. The number of aryl methyl sites for hydroxylation is 4. The highest BCUT2D eigenvalue weighted by atomic mass is 35.5. The van der Waals surface area contributed by atoms with E-state index in [0.29, 0.717) is 5.15 Å². The Morgan fingerprint density at radius 2 is 1.88 bits per heavy atom. The van der Waals surface area contributed by atoms with E-state index in [-0.39, 0.29) is 0 Å². The molecule has 0 fully saturated rings. The van der Waals surface area contributed by atoms with Gasteiger partial charge in [-0.3, -0.25) is 0 Å². The monoisotopic (exact) mass is 245 g/mol. The van der Waals surface area contributed by atoms with Crippen LogP contribution in [0.2, 0.25) is 5.15 Å². The molecule has 0 aliphatic carbocycles. The van der Waals surface area contributed by atoms with E-state index in [1.54, 1.807) is 0 Å². The molecule has 0 bridgehead atoms. The predicted octanol–water partition coefficient (Wildman–Crippen LogP) is 4.14. The first kappa shape index (κ1) is 12.1. The summed E-state index contributed by atoms with van der Waals surface area (Å²) < 4.78 is 0. The van der Waals surface area contributed by atoms with Gasteiger partial charge in [0.1, 0.15) is 5.15 Å². The first-order valence-corrected chi connectivity index (χ1v) is 6.20. The fourth-order valence-corrected chi connectivity index (χ4v) is 1.99. The Morgan fingerprint density at radius 3 is 2.59 bits per heavy atom. The van der Waals surface area contributed by atoms with E-state index in [1.807, 2.05) is 13.0 Å². The highest BCUT2D eigenvalue weighted by Gasteiger charge is 2.01. The first-order valence-electron chi connectivity index (χ1n) is 5.83. The van der Waals surface area contributed by atoms with E-state index in [2.05, 4.69) is 42.2 Å². The molecule has 0 unspecified atom stereocenters. The molecule has 2 rings (SSSR count). The molecule has 88 valence electrons. The third kappa shape index (κ3) is 3.31. The van der Waals surface area contributed by atoms with E-state index in [0.717, 1.165) is 24.1 Å². The van der Waals surface area contributed by atoms with Crippen LogP contribution in [0, 0.1) is 13.8 Å². The molecule has 0 spiro atoms. The Bertz CT molecular complexity index is 520. The van der Waals surface area contributed by atoms with Gasteiger partial charge in [-0.1, -0.05) is 47.5 Å². The first-order chi connectivity index (χ1) is 8.15. The smallest absolute Gasteiger partial charge is 0.132 e. The molecule has 0 N–H and O–H groups in total. The van der Waals surface area contributed by atoms with Crippen molar-refractivity contribution in [3.05, 3.63) is 63.9 Å². The van der Waals surface area contributed by atoms with Gasteiger partial charge < -0.3 is 0 Å². The van der Waals surface area contributed by atoms with Gasteiger partial charge in [0.2, 0.25) is 0 Å². The molecule has 17 heavy (non-hydrogen) atoms. The van der Waals surface area contributed by atoms with Gasteiger partial charge in [0.05, 0.1) is 0 Å². The Morgan fingerprint density at radius 1 is 1.06 bits per heavy atom. The van der Waals surface area contributed by atoms with E-state index < -0.39 is 0 Å². The van der Waals surface area contributed by atoms with Crippen molar-refractivity contribution in [3.63, 3.8) is 0 Å². The maximum absolute atomic E-state index is 6.01. The second-order valence-corrected chi connectivity index (χ2v) is 4.76. The quantitative estimate of drug-likeness (QED) is 0.741. The highest BCUT2D eigenvalue weighted by Crippen LogP contribution is 2.14. The van der Waals surface area contributed by atoms with Gasteiger partial charge >= 0.3 is 0 Å². The van der Waals surface area contributed by atoms with Crippen molar-refractivity contribution in [3.8, 4) is 0 Å². The molecule has 0 atom stereocenters. The number of nitrogens with zero attached hydrogens (tertiary/aromatic N) is 1. The third-order valence-electron chi connectivity index (χ3n) is 2.85. The number of benzene rings is 1. The van der Waals surface area contributed by atoms with Crippen LogP contribution < -0.4 is 0 Å². The standard InChI is InChI=1S/C15H16ClN/c1-11-4-3-5-13(10-11)7-9-14-8-6-12(2)15(16)17-14/h3-6,8,10H,7,9H2,1-2H3. The van der Waals surface area contributed by atoms with E-state index in [4.69, 9.17) is 11.6 Å². The summed E-state index contributed by atoms with van der Waals surface area (Å²) in [6.45, 7) is 4.09. The Hall–Kier alpha value is -1.34. The van der Waals surface area contributed by atoms with E-state index in [9.17, 15) is 0 Å². The predicted molar refractivity (Wildman–Crippen MR) is 72.6 cm³/mol. The SMILES string of the molecule is Cc1cccc(CCc2ccc(C)c(Cl)n2)c1. The van der Waals surface area contributed by atoms with E-state index in [1.165, 1.54) is 11.1 Å². The lowest BCUT2D eigenvalue weighted by Crippen LogP contribution is -1.96. The topological polar surface area (TPSA) is 12.9 Å². The fraction of sp³-hybridized carbons (Fsp3) is 0.267. The lowest BCUT2D eigenvalue weighted by Gasteiger charge is -2.04. The maximum Gasteiger partial charge on any atom is 0.132 e. The van der Waals surface area contributed by atoms with Crippen LogP contribution in [0.15, 0.2) is 36.4 Å². The molecular weight excluding hydrogens is 230 g/mol. The molecular formula is C15H16ClN. The molecule has 0 saturated carbocycles. The number of pyridine rings is 1. The average molecular weight is 246 g/mol. The Balaban J connectivity index is 2.05. The summed E-state index contributed by atoms with van der Waals surface area (Å²) in [5.74, 6) is 0. The Labute approximate surface area is 107 Å². The minimum absolute atomic E-state index is 0.617. The molecule has 0 radical (unpaired) electrons. The van der Waals surface area contributed by atoms with Crippen molar-refractivity contribution in [2.24, 2.45) is 0 Å². The van der Waals surface area contributed by atoms with Crippen LogP contribution in [0.3, 0.4) is 0 Å². The summed E-state index contributed by atoms with van der Waals surface area (Å²) >= 11 is 6.01. The molecule has 1 aromatic carbocycles. The van der Waals surface area contributed by atoms with Gasteiger partial charge in [-0.2, -0.15) is 0 Å². The lowest BCUT2D eigenvalue weighted by molar-refractivity contribution is 0.910. The van der Waals surface area contributed by atoms with Gasteiger partial charge in [-0.05, 0) is 43.9 Å². The number of hydrogen-bond acceptors (Lipinski definition) is 1. The molecule has 0 aliphatic heterocycles. The zero-order valence-corrected chi connectivity index (χ0v) is 11.0. The molecule has 0 amide bonds. The second kappa shape index (κ2) is 5.33. The minimum atomic E-state index is 0.617. The number of hydrogen-bond donors (Lipinski definition) is 0. The van der Waals surface area contributed by atoms with E-state index >= 15 is 0 Å². The lowest BCUT2D eigenvalue weighted by atomic mass is 10.1. The van der Waals surface area contributed by atoms with Crippen molar-refractivity contribution in [1.82, 2.24) is 4.98 Å². The van der Waals surface area contributed by atoms with Gasteiger partial charge in [0.25, 0.3) is 0 Å². The fourth-order valence-electron chi connectivity index (χ4n) is 1.82. The normalized spacial score (nSPS) is 10.5. The van der Waals surface area contributed by atoms with Crippen molar-refractivity contribution in [1.29, 1.82) is 0 Å². The van der Waals surface area contributed by atoms with Gasteiger partial charge in [-0.25, -0.2) is 4.98 Å². The van der Waals surface area contributed by atoms with Gasteiger partial charge in [0.15, 0.2) is 0 Å². The highest BCUT2D eigenvalue weighted by molar-refractivity contribution is 6.30. The molecule has 1 aromatic heterocycles. The molecule has 2 heteroatoms. The van der Waals surface area contributed by atoms with Crippen LogP contribution in [0.1, 0.15) is 22.4 Å². The van der Waals surface area contributed by atoms with Crippen LogP contribution in [-0.2, 0) is 12.8 Å². The van der Waals surface area contributed by atoms with Crippen LogP contribution in [0.4, 0.5) is 0 Å². The second-order valence-electron chi connectivity index (χ2n) is 4.40. The molecule has 1 heterocycles. The van der Waals surface area contributed by atoms with Crippen molar-refractivity contribution < 1.29 is 0 Å².